The van der Waals surface area contributed by atoms with Gasteiger partial charge < -0.3 is 25.7 Å². The minimum absolute atomic E-state index is 0.172. The molecule has 0 aromatic carbocycles. The Labute approximate surface area is 126 Å². The number of methoxy groups -OCH3 is 1. The van der Waals surface area contributed by atoms with Crippen LogP contribution in [0, 0.1) is 0 Å². The van der Waals surface area contributed by atoms with Crippen molar-refractivity contribution in [3.8, 4) is 22.9 Å². The second-order valence-electron chi connectivity index (χ2n) is 4.27. The van der Waals surface area contributed by atoms with Crippen LogP contribution in [0.1, 0.15) is 6.42 Å². The highest BCUT2D eigenvalue weighted by Gasteiger charge is 2.16. The van der Waals surface area contributed by atoms with E-state index >= 15 is 0 Å². The largest absolute Gasteiger partial charge is 0.496 e. The number of pyridine rings is 1. The van der Waals surface area contributed by atoms with Crippen molar-refractivity contribution < 1.29 is 19.0 Å². The van der Waals surface area contributed by atoms with Gasteiger partial charge in [-0.3, -0.25) is 5.10 Å². The Morgan fingerprint density at radius 3 is 2.86 bits per heavy atom. The van der Waals surface area contributed by atoms with Gasteiger partial charge in [-0.25, -0.2) is 9.78 Å². The average Bonchev–Trinajstić information content (AvgIpc) is 2.92. The molecule has 22 heavy (non-hydrogen) atoms. The predicted octanol–water partition coefficient (Wildman–Crippen LogP) is 0.927. The van der Waals surface area contributed by atoms with Gasteiger partial charge >= 0.3 is 6.09 Å². The first-order valence-electron chi connectivity index (χ1n) is 6.51. The number of nitrogens with two attached hydrogens (primary N) is 2. The number of H-pyrrole nitrogens is 1. The number of anilines is 1. The van der Waals surface area contributed by atoms with Crippen molar-refractivity contribution in [2.75, 3.05) is 26.1 Å². The maximum Gasteiger partial charge on any atom is 0.404 e. The summed E-state index contributed by atoms with van der Waals surface area (Å²) in [4.78, 5) is 14.6. The minimum Gasteiger partial charge on any atom is -0.496 e. The summed E-state index contributed by atoms with van der Waals surface area (Å²) in [5.74, 6) is 1.28. The van der Waals surface area contributed by atoms with E-state index in [1.807, 2.05) is 0 Å². The molecule has 9 heteroatoms. The second-order valence-corrected chi connectivity index (χ2v) is 4.27. The molecule has 0 aliphatic heterocycles. The number of carbonyl (C=O) groups excluding carboxylic acids is 1. The van der Waals surface area contributed by atoms with E-state index in [9.17, 15) is 4.79 Å². The van der Waals surface area contributed by atoms with Gasteiger partial charge in [0.15, 0.2) is 0 Å². The van der Waals surface area contributed by atoms with E-state index in [2.05, 4.69) is 19.9 Å². The number of hydrogen-bond donors (Lipinski definition) is 3. The second kappa shape index (κ2) is 7.16. The number of nitrogen functional groups attached to an aromatic ring is 1. The molecule has 2 aromatic rings. The smallest absolute Gasteiger partial charge is 0.404 e. The predicted molar refractivity (Wildman–Crippen MR) is 78.4 cm³/mol. The van der Waals surface area contributed by atoms with Gasteiger partial charge in [0.25, 0.3) is 0 Å². The standard InChI is InChI=1S/C13H17N5O4/c1-20-9-3-4-16-12(21-5-2-6-22-13(15)19)11(9)8-7-10(14)18-17-8/h3-4,7H,2,5-6H2,1H3,(H2,15,19)(H3,14,17,18). The summed E-state index contributed by atoms with van der Waals surface area (Å²) in [5, 5.41) is 6.67. The number of amides is 1. The highest BCUT2D eigenvalue weighted by atomic mass is 16.5. The van der Waals surface area contributed by atoms with Crippen molar-refractivity contribution in [1.82, 2.24) is 15.2 Å². The summed E-state index contributed by atoms with van der Waals surface area (Å²) in [5.41, 5.74) is 11.7. The van der Waals surface area contributed by atoms with E-state index in [0.29, 0.717) is 41.7 Å². The molecule has 2 aromatic heterocycles. The van der Waals surface area contributed by atoms with Gasteiger partial charge in [0.05, 0.1) is 26.0 Å². The van der Waals surface area contributed by atoms with Crippen LogP contribution in [0.3, 0.4) is 0 Å². The Kier molecular flexibility index (Phi) is 5.02. The van der Waals surface area contributed by atoms with Crippen molar-refractivity contribution in [1.29, 1.82) is 0 Å². The lowest BCUT2D eigenvalue weighted by Gasteiger charge is -2.12. The van der Waals surface area contributed by atoms with Crippen LogP contribution in [0.5, 0.6) is 11.6 Å². The van der Waals surface area contributed by atoms with Crippen LogP contribution in [-0.2, 0) is 4.74 Å². The van der Waals surface area contributed by atoms with Crippen molar-refractivity contribution in [2.24, 2.45) is 5.73 Å². The van der Waals surface area contributed by atoms with Crippen LogP contribution in [0.2, 0.25) is 0 Å². The number of hydrogen-bond acceptors (Lipinski definition) is 7. The van der Waals surface area contributed by atoms with Crippen LogP contribution < -0.4 is 20.9 Å². The molecule has 0 spiro atoms. The molecule has 0 atom stereocenters. The third-order valence-corrected chi connectivity index (χ3v) is 2.74. The van der Waals surface area contributed by atoms with Gasteiger partial charge in [-0.05, 0) is 6.07 Å². The topological polar surface area (TPSA) is 138 Å². The zero-order valence-corrected chi connectivity index (χ0v) is 12.0. The van der Waals surface area contributed by atoms with Gasteiger partial charge in [0.1, 0.15) is 17.1 Å². The lowest BCUT2D eigenvalue weighted by atomic mass is 10.2. The van der Waals surface area contributed by atoms with E-state index in [1.165, 1.54) is 0 Å². The first-order chi connectivity index (χ1) is 10.6. The highest BCUT2D eigenvalue weighted by molar-refractivity contribution is 5.73. The van der Waals surface area contributed by atoms with Gasteiger partial charge in [-0.15, -0.1) is 0 Å². The van der Waals surface area contributed by atoms with Crippen LogP contribution in [0.15, 0.2) is 18.3 Å². The SMILES string of the molecule is COc1ccnc(OCCCOC(N)=O)c1-c1cc(N)n[nH]1. The summed E-state index contributed by atoms with van der Waals surface area (Å²) >= 11 is 0. The molecule has 5 N–H and O–H groups in total. The summed E-state index contributed by atoms with van der Waals surface area (Å²) in [7, 11) is 1.54. The molecule has 118 valence electrons. The first kappa shape index (κ1) is 15.4. The number of aromatic amines is 1. The molecule has 0 unspecified atom stereocenters. The molecule has 2 rings (SSSR count). The van der Waals surface area contributed by atoms with E-state index in [4.69, 9.17) is 20.9 Å². The van der Waals surface area contributed by atoms with Gasteiger partial charge in [-0.1, -0.05) is 0 Å². The maximum atomic E-state index is 10.5. The molecule has 9 nitrogen and oxygen atoms in total. The molecule has 0 saturated heterocycles. The lowest BCUT2D eigenvalue weighted by molar-refractivity contribution is 0.147. The number of aromatic nitrogens is 3. The summed E-state index contributed by atoms with van der Waals surface area (Å²) in [6, 6.07) is 3.36. The van der Waals surface area contributed by atoms with Crippen LogP contribution >= 0.6 is 0 Å². The van der Waals surface area contributed by atoms with E-state index in [1.54, 1.807) is 25.4 Å². The zero-order chi connectivity index (χ0) is 15.9. The fourth-order valence-corrected chi connectivity index (χ4v) is 1.82. The Bertz CT molecular complexity index is 643. The van der Waals surface area contributed by atoms with Crippen LogP contribution in [-0.4, -0.2) is 41.6 Å². The fraction of sp³-hybridized carbons (Fsp3) is 0.308. The number of ether oxygens (including phenoxy) is 3. The Balaban J connectivity index is 2.12. The zero-order valence-electron chi connectivity index (χ0n) is 12.0. The van der Waals surface area contributed by atoms with Gasteiger partial charge in [-0.2, -0.15) is 5.10 Å². The van der Waals surface area contributed by atoms with Gasteiger partial charge in [0, 0.05) is 18.7 Å². The maximum absolute atomic E-state index is 10.5. The number of primary amides is 1. The first-order valence-corrected chi connectivity index (χ1v) is 6.51. The Hall–Kier alpha value is -2.97. The number of rotatable bonds is 7. The van der Waals surface area contributed by atoms with Crippen LogP contribution in [0.4, 0.5) is 10.6 Å². The number of nitrogens with one attached hydrogen (secondary N) is 1. The van der Waals surface area contributed by atoms with E-state index < -0.39 is 6.09 Å². The lowest BCUT2D eigenvalue weighted by Crippen LogP contribution is -2.15. The molecule has 0 radical (unpaired) electrons. The van der Waals surface area contributed by atoms with E-state index in [-0.39, 0.29) is 6.61 Å². The number of nitrogens with zero attached hydrogens (tertiary/aromatic N) is 2. The molecular formula is C13H17N5O4. The van der Waals surface area contributed by atoms with Gasteiger partial charge in [0.2, 0.25) is 5.88 Å². The normalized spacial score (nSPS) is 10.2. The molecule has 1 amide bonds. The highest BCUT2D eigenvalue weighted by Crippen LogP contribution is 2.36. The molecule has 0 aliphatic rings. The molecule has 0 saturated carbocycles. The monoisotopic (exact) mass is 307 g/mol. The Morgan fingerprint density at radius 1 is 1.41 bits per heavy atom. The summed E-state index contributed by atoms with van der Waals surface area (Å²) < 4.78 is 15.6. The van der Waals surface area contributed by atoms with Crippen molar-refractivity contribution in [2.45, 2.75) is 6.42 Å². The molecule has 0 bridgehead atoms. The quantitative estimate of drug-likeness (QED) is 0.646. The third kappa shape index (κ3) is 3.78. The molecule has 0 fully saturated rings. The molecular weight excluding hydrogens is 290 g/mol. The molecule has 2 heterocycles. The molecule has 0 aliphatic carbocycles. The van der Waals surface area contributed by atoms with E-state index in [0.717, 1.165) is 0 Å². The van der Waals surface area contributed by atoms with Crippen molar-refractivity contribution in [3.63, 3.8) is 0 Å². The summed E-state index contributed by atoms with van der Waals surface area (Å²) in [6.45, 7) is 0.468. The van der Waals surface area contributed by atoms with Crippen molar-refractivity contribution in [3.05, 3.63) is 18.3 Å². The third-order valence-electron chi connectivity index (χ3n) is 2.74. The fourth-order valence-electron chi connectivity index (χ4n) is 1.82. The number of carbonyl (C=O) groups is 1. The minimum atomic E-state index is -0.812. The summed E-state index contributed by atoms with van der Waals surface area (Å²) in [6.07, 6.45) is 1.23. The average molecular weight is 307 g/mol. The Morgan fingerprint density at radius 2 is 2.23 bits per heavy atom. The van der Waals surface area contributed by atoms with Crippen LogP contribution in [0.25, 0.3) is 11.3 Å². The van der Waals surface area contributed by atoms with Crippen molar-refractivity contribution >= 4 is 11.9 Å².